The highest BCUT2D eigenvalue weighted by atomic mass is 16.1. The monoisotopic (exact) mass is 148 g/mol. The van der Waals surface area contributed by atoms with Gasteiger partial charge in [0.05, 0.1) is 0 Å². The van der Waals surface area contributed by atoms with E-state index in [1.807, 2.05) is 12.2 Å². The summed E-state index contributed by atoms with van der Waals surface area (Å²) in [5, 5.41) is 0. The summed E-state index contributed by atoms with van der Waals surface area (Å²) < 4.78 is 0. The first-order valence-corrected chi connectivity index (χ1v) is 3.97. The fraction of sp³-hybridized carbons (Fsp3) is 0.500. The molecule has 1 unspecified atom stereocenters. The number of aldehydes is 1. The largest absolute Gasteiger partial charge is 0.303 e. The van der Waals surface area contributed by atoms with Crippen LogP contribution in [0.15, 0.2) is 24.3 Å². The van der Waals surface area contributed by atoms with Gasteiger partial charge in [-0.25, -0.2) is 0 Å². The molecule has 1 heteroatoms. The third kappa shape index (κ3) is 0.550. The molecule has 0 bridgehead atoms. The summed E-state index contributed by atoms with van der Waals surface area (Å²) in [5.74, 6) is 0.199. The molecule has 0 radical (unpaired) electrons. The molecular formula is C10H12O. The molecule has 0 aromatic carbocycles. The summed E-state index contributed by atoms with van der Waals surface area (Å²) in [6.07, 6.45) is 9.44. The number of hydrogen-bond acceptors (Lipinski definition) is 1. The Morgan fingerprint density at radius 3 is 2.18 bits per heavy atom. The molecule has 1 spiro atoms. The van der Waals surface area contributed by atoms with Crippen LogP contribution in [0.5, 0.6) is 0 Å². The molecule has 1 saturated carbocycles. The molecule has 2 aliphatic rings. The first kappa shape index (κ1) is 6.84. The number of rotatable bonds is 1. The van der Waals surface area contributed by atoms with Gasteiger partial charge in [0, 0.05) is 11.3 Å². The van der Waals surface area contributed by atoms with Crippen LogP contribution in [0.4, 0.5) is 0 Å². The van der Waals surface area contributed by atoms with Gasteiger partial charge in [-0.15, -0.1) is 0 Å². The van der Waals surface area contributed by atoms with Gasteiger partial charge < -0.3 is 4.79 Å². The van der Waals surface area contributed by atoms with Crippen molar-refractivity contribution in [2.45, 2.75) is 13.8 Å². The minimum absolute atomic E-state index is 0.0781. The van der Waals surface area contributed by atoms with E-state index >= 15 is 0 Å². The minimum atomic E-state index is 0.0781. The topological polar surface area (TPSA) is 17.1 Å². The minimum Gasteiger partial charge on any atom is -0.303 e. The summed E-state index contributed by atoms with van der Waals surface area (Å²) in [7, 11) is 0. The van der Waals surface area contributed by atoms with E-state index in [0.29, 0.717) is 0 Å². The second-order valence-electron chi connectivity index (χ2n) is 3.99. The second kappa shape index (κ2) is 1.66. The highest BCUT2D eigenvalue weighted by Crippen LogP contribution is 2.70. The summed E-state index contributed by atoms with van der Waals surface area (Å²) in [5.41, 5.74) is 0.229. The molecule has 0 heterocycles. The summed E-state index contributed by atoms with van der Waals surface area (Å²) in [4.78, 5) is 10.7. The maximum Gasteiger partial charge on any atom is 0.124 e. The molecule has 11 heavy (non-hydrogen) atoms. The van der Waals surface area contributed by atoms with Crippen LogP contribution in [-0.4, -0.2) is 6.29 Å². The van der Waals surface area contributed by atoms with Crippen molar-refractivity contribution in [3.63, 3.8) is 0 Å². The molecule has 0 amide bonds. The second-order valence-corrected chi connectivity index (χ2v) is 3.99. The third-order valence-electron chi connectivity index (χ3n) is 3.32. The Hall–Kier alpha value is -0.850. The summed E-state index contributed by atoms with van der Waals surface area (Å²) >= 11 is 0. The van der Waals surface area contributed by atoms with Crippen molar-refractivity contribution in [2.24, 2.45) is 16.7 Å². The van der Waals surface area contributed by atoms with Gasteiger partial charge in [-0.1, -0.05) is 38.2 Å². The first-order valence-electron chi connectivity index (χ1n) is 3.97. The molecule has 1 fully saturated rings. The van der Waals surface area contributed by atoms with E-state index in [4.69, 9.17) is 0 Å². The number of allylic oxidation sites excluding steroid dienone is 4. The molecule has 0 saturated heterocycles. The van der Waals surface area contributed by atoms with Crippen LogP contribution < -0.4 is 0 Å². The van der Waals surface area contributed by atoms with E-state index in [9.17, 15) is 4.79 Å². The van der Waals surface area contributed by atoms with Crippen LogP contribution in [0, 0.1) is 16.7 Å². The lowest BCUT2D eigenvalue weighted by Gasteiger charge is -2.05. The van der Waals surface area contributed by atoms with Crippen molar-refractivity contribution < 1.29 is 4.79 Å². The van der Waals surface area contributed by atoms with E-state index in [0.717, 1.165) is 6.29 Å². The van der Waals surface area contributed by atoms with Gasteiger partial charge >= 0.3 is 0 Å². The Morgan fingerprint density at radius 2 is 1.82 bits per heavy atom. The van der Waals surface area contributed by atoms with Crippen molar-refractivity contribution in [1.29, 1.82) is 0 Å². The lowest BCUT2D eigenvalue weighted by atomic mass is 9.98. The molecule has 0 N–H and O–H groups in total. The molecule has 58 valence electrons. The zero-order valence-electron chi connectivity index (χ0n) is 6.87. The summed E-state index contributed by atoms with van der Waals surface area (Å²) in [6.45, 7) is 4.29. The Labute approximate surface area is 66.8 Å². The number of carbonyl (C=O) groups excluding carboxylic acids is 1. The molecule has 1 nitrogen and oxygen atoms in total. The maximum atomic E-state index is 10.7. The van der Waals surface area contributed by atoms with Crippen LogP contribution in [-0.2, 0) is 4.79 Å². The highest BCUT2D eigenvalue weighted by Gasteiger charge is 2.68. The van der Waals surface area contributed by atoms with E-state index in [2.05, 4.69) is 26.0 Å². The number of carbonyl (C=O) groups is 1. The fourth-order valence-corrected chi connectivity index (χ4v) is 2.28. The van der Waals surface area contributed by atoms with Crippen molar-refractivity contribution in [3.8, 4) is 0 Å². The Bertz CT molecular complexity index is 246. The van der Waals surface area contributed by atoms with Gasteiger partial charge in [0.1, 0.15) is 6.29 Å². The molecule has 1 atom stereocenters. The van der Waals surface area contributed by atoms with Gasteiger partial charge in [-0.3, -0.25) is 0 Å². The smallest absolute Gasteiger partial charge is 0.124 e. The lowest BCUT2D eigenvalue weighted by molar-refractivity contribution is -0.109. The average molecular weight is 148 g/mol. The van der Waals surface area contributed by atoms with Crippen LogP contribution in [0.2, 0.25) is 0 Å². The molecular weight excluding hydrogens is 136 g/mol. The standard InChI is InChI=1S/C10H12O/c1-9(2)8(7-11)10(9)5-3-4-6-10/h3-8H,1-2H3. The van der Waals surface area contributed by atoms with Crippen molar-refractivity contribution in [3.05, 3.63) is 24.3 Å². The van der Waals surface area contributed by atoms with Crippen LogP contribution in [0.3, 0.4) is 0 Å². The van der Waals surface area contributed by atoms with Gasteiger partial charge in [-0.05, 0) is 5.41 Å². The van der Waals surface area contributed by atoms with E-state index in [1.165, 1.54) is 0 Å². The third-order valence-corrected chi connectivity index (χ3v) is 3.32. The van der Waals surface area contributed by atoms with Crippen LogP contribution in [0.1, 0.15) is 13.8 Å². The normalized spacial score (nSPS) is 34.5. The van der Waals surface area contributed by atoms with Crippen LogP contribution in [0.25, 0.3) is 0 Å². The predicted molar refractivity (Wildman–Crippen MR) is 44.0 cm³/mol. The predicted octanol–water partition coefficient (Wildman–Crippen LogP) is 1.95. The van der Waals surface area contributed by atoms with Crippen molar-refractivity contribution in [2.75, 3.05) is 0 Å². The van der Waals surface area contributed by atoms with E-state index in [-0.39, 0.29) is 16.7 Å². The molecule has 2 rings (SSSR count). The van der Waals surface area contributed by atoms with Gasteiger partial charge in [0.25, 0.3) is 0 Å². The highest BCUT2D eigenvalue weighted by molar-refractivity contribution is 5.68. The molecule has 2 aliphatic carbocycles. The zero-order valence-corrected chi connectivity index (χ0v) is 6.87. The molecule has 0 aromatic heterocycles. The van der Waals surface area contributed by atoms with E-state index in [1.54, 1.807) is 0 Å². The van der Waals surface area contributed by atoms with E-state index < -0.39 is 0 Å². The maximum absolute atomic E-state index is 10.7. The lowest BCUT2D eigenvalue weighted by Crippen LogP contribution is -1.98. The Balaban J connectivity index is 2.39. The van der Waals surface area contributed by atoms with Gasteiger partial charge in [0.15, 0.2) is 0 Å². The Kier molecular flexibility index (Phi) is 1.03. The quantitative estimate of drug-likeness (QED) is 0.519. The zero-order chi connectivity index (χ0) is 8.11. The summed E-state index contributed by atoms with van der Waals surface area (Å²) in [6, 6.07) is 0. The SMILES string of the molecule is CC1(C)C(C=O)C12C=CC=C2. The van der Waals surface area contributed by atoms with Gasteiger partial charge in [-0.2, -0.15) is 0 Å². The molecule has 0 aromatic rings. The fourth-order valence-electron chi connectivity index (χ4n) is 2.28. The Morgan fingerprint density at radius 1 is 1.27 bits per heavy atom. The molecule has 0 aliphatic heterocycles. The number of hydrogen-bond donors (Lipinski definition) is 0. The van der Waals surface area contributed by atoms with Gasteiger partial charge in [0.2, 0.25) is 0 Å². The van der Waals surface area contributed by atoms with Crippen LogP contribution >= 0.6 is 0 Å². The first-order chi connectivity index (χ1) is 5.15. The van der Waals surface area contributed by atoms with Crippen molar-refractivity contribution in [1.82, 2.24) is 0 Å². The van der Waals surface area contributed by atoms with Crippen molar-refractivity contribution >= 4 is 6.29 Å². The average Bonchev–Trinajstić information content (AvgIpc) is 2.36.